The van der Waals surface area contributed by atoms with Crippen LogP contribution in [0.2, 0.25) is 0 Å². The Morgan fingerprint density at radius 1 is 1.06 bits per heavy atom. The topological polar surface area (TPSA) is 57.9 Å². The van der Waals surface area contributed by atoms with Crippen molar-refractivity contribution >= 4 is 11.4 Å². The second-order valence-electron chi connectivity index (χ2n) is 7.11. The smallest absolute Gasteiger partial charge is 0.387 e. The molecule has 0 N–H and O–H groups in total. The van der Waals surface area contributed by atoms with Gasteiger partial charge in [-0.2, -0.15) is 13.5 Å². The molecule has 0 spiro atoms. The summed E-state index contributed by atoms with van der Waals surface area (Å²) in [7, 11) is 0. The SMILES string of the molecule is [O-][n+]1cccc(CN(c2ccccc2)c2ccc(OC(F)F)c(OC3CCOC3)c2)c1. The Balaban J connectivity index is 1.70. The number of ether oxygens (including phenoxy) is 3. The van der Waals surface area contributed by atoms with Crippen molar-refractivity contribution in [2.24, 2.45) is 0 Å². The molecule has 4 rings (SSSR count). The molecule has 2 aromatic carbocycles. The third kappa shape index (κ3) is 5.40. The van der Waals surface area contributed by atoms with Crippen LogP contribution in [-0.4, -0.2) is 25.9 Å². The summed E-state index contributed by atoms with van der Waals surface area (Å²) in [6.07, 6.45) is 3.36. The van der Waals surface area contributed by atoms with Gasteiger partial charge in [0.2, 0.25) is 0 Å². The van der Waals surface area contributed by atoms with Gasteiger partial charge in [-0.25, -0.2) is 0 Å². The number of aromatic nitrogens is 1. The number of anilines is 2. The molecule has 1 aromatic heterocycles. The van der Waals surface area contributed by atoms with Crippen molar-refractivity contribution in [1.29, 1.82) is 0 Å². The molecular formula is C23H22F2N2O4. The van der Waals surface area contributed by atoms with Gasteiger partial charge >= 0.3 is 6.61 Å². The number of pyridine rings is 1. The molecule has 1 saturated heterocycles. The van der Waals surface area contributed by atoms with Crippen LogP contribution in [0.3, 0.4) is 0 Å². The van der Waals surface area contributed by atoms with Gasteiger partial charge in [-0.05, 0) is 30.3 Å². The first kappa shape index (κ1) is 20.9. The molecule has 6 nitrogen and oxygen atoms in total. The minimum atomic E-state index is -2.96. The molecular weight excluding hydrogens is 406 g/mol. The monoisotopic (exact) mass is 428 g/mol. The zero-order valence-corrected chi connectivity index (χ0v) is 16.7. The molecule has 8 heteroatoms. The molecule has 0 amide bonds. The number of alkyl halides is 2. The normalized spacial score (nSPS) is 15.8. The van der Waals surface area contributed by atoms with E-state index in [2.05, 4.69) is 4.74 Å². The van der Waals surface area contributed by atoms with Crippen LogP contribution in [-0.2, 0) is 11.3 Å². The molecule has 162 valence electrons. The van der Waals surface area contributed by atoms with Gasteiger partial charge in [0.25, 0.3) is 0 Å². The fourth-order valence-corrected chi connectivity index (χ4v) is 3.45. The fourth-order valence-electron chi connectivity index (χ4n) is 3.45. The summed E-state index contributed by atoms with van der Waals surface area (Å²) in [6, 6.07) is 18.0. The van der Waals surface area contributed by atoms with E-state index in [4.69, 9.17) is 9.47 Å². The predicted molar refractivity (Wildman–Crippen MR) is 111 cm³/mol. The Morgan fingerprint density at radius 3 is 2.61 bits per heavy atom. The van der Waals surface area contributed by atoms with Crippen molar-refractivity contribution in [2.45, 2.75) is 25.7 Å². The lowest BCUT2D eigenvalue weighted by molar-refractivity contribution is -0.605. The summed E-state index contributed by atoms with van der Waals surface area (Å²) in [4.78, 5) is 1.97. The average molecular weight is 428 g/mol. The van der Waals surface area contributed by atoms with Gasteiger partial charge < -0.3 is 24.3 Å². The highest BCUT2D eigenvalue weighted by molar-refractivity contribution is 5.66. The second kappa shape index (κ2) is 9.61. The number of para-hydroxylation sites is 1. The van der Waals surface area contributed by atoms with Crippen molar-refractivity contribution in [3.05, 3.63) is 83.8 Å². The molecule has 31 heavy (non-hydrogen) atoms. The highest BCUT2D eigenvalue weighted by Gasteiger charge is 2.22. The van der Waals surface area contributed by atoms with E-state index < -0.39 is 6.61 Å². The number of benzene rings is 2. The maximum absolute atomic E-state index is 12.9. The van der Waals surface area contributed by atoms with Crippen LogP contribution in [0.25, 0.3) is 0 Å². The van der Waals surface area contributed by atoms with E-state index in [9.17, 15) is 14.0 Å². The zero-order chi connectivity index (χ0) is 21.6. The first-order valence-electron chi connectivity index (χ1n) is 9.92. The van der Waals surface area contributed by atoms with Gasteiger partial charge in [0, 0.05) is 35.5 Å². The molecule has 1 unspecified atom stereocenters. The quantitative estimate of drug-likeness (QED) is 0.393. The maximum Gasteiger partial charge on any atom is 0.387 e. The van der Waals surface area contributed by atoms with Crippen LogP contribution in [0.4, 0.5) is 20.2 Å². The zero-order valence-electron chi connectivity index (χ0n) is 16.7. The lowest BCUT2D eigenvalue weighted by Crippen LogP contribution is -2.26. The molecule has 1 aliphatic heterocycles. The molecule has 0 saturated carbocycles. The fraction of sp³-hybridized carbons (Fsp3) is 0.261. The van der Waals surface area contributed by atoms with Gasteiger partial charge in [0.05, 0.1) is 19.8 Å². The first-order chi connectivity index (χ1) is 15.1. The summed E-state index contributed by atoms with van der Waals surface area (Å²) in [6.45, 7) is -1.60. The van der Waals surface area contributed by atoms with Crippen LogP contribution >= 0.6 is 0 Å². The standard InChI is InChI=1S/C23H22F2N2O4/c24-23(25)31-21-9-8-19(13-22(21)30-20-10-12-29-16-20)27(18-6-2-1-3-7-18)15-17-5-4-11-26(28)14-17/h1-9,11,13-14,20,23H,10,12,15-16H2. The van der Waals surface area contributed by atoms with Gasteiger partial charge in [-0.1, -0.05) is 18.2 Å². The molecule has 1 atom stereocenters. The number of hydrogen-bond acceptors (Lipinski definition) is 5. The highest BCUT2D eigenvalue weighted by atomic mass is 19.3. The summed E-state index contributed by atoms with van der Waals surface area (Å²) < 4.78 is 42.5. The summed E-state index contributed by atoms with van der Waals surface area (Å²) >= 11 is 0. The molecule has 1 aliphatic rings. The van der Waals surface area contributed by atoms with Gasteiger partial charge in [-0.3, -0.25) is 0 Å². The van der Waals surface area contributed by atoms with Gasteiger partial charge in [0.1, 0.15) is 6.10 Å². The molecule has 2 heterocycles. The first-order valence-corrected chi connectivity index (χ1v) is 9.92. The molecule has 0 aliphatic carbocycles. The number of hydrogen-bond donors (Lipinski definition) is 0. The van der Waals surface area contributed by atoms with E-state index in [1.807, 2.05) is 41.3 Å². The van der Waals surface area contributed by atoms with Gasteiger partial charge in [-0.15, -0.1) is 0 Å². The maximum atomic E-state index is 12.9. The average Bonchev–Trinajstić information content (AvgIpc) is 3.27. The highest BCUT2D eigenvalue weighted by Crippen LogP contribution is 2.37. The molecule has 3 aromatic rings. The van der Waals surface area contributed by atoms with E-state index in [0.29, 0.717) is 31.9 Å². The Morgan fingerprint density at radius 2 is 1.90 bits per heavy atom. The van der Waals surface area contributed by atoms with Crippen LogP contribution in [0.15, 0.2) is 73.1 Å². The third-order valence-electron chi connectivity index (χ3n) is 4.88. The summed E-state index contributed by atoms with van der Waals surface area (Å²) in [5.74, 6) is 0.192. The summed E-state index contributed by atoms with van der Waals surface area (Å²) in [5.41, 5.74) is 2.38. The van der Waals surface area contributed by atoms with Crippen molar-refractivity contribution in [2.75, 3.05) is 18.1 Å². The number of rotatable bonds is 8. The van der Waals surface area contributed by atoms with Crippen molar-refractivity contribution in [3.8, 4) is 11.5 Å². The lowest BCUT2D eigenvalue weighted by Gasteiger charge is -2.26. The minimum Gasteiger partial charge on any atom is -0.619 e. The Bertz CT molecular complexity index is 998. The molecule has 0 radical (unpaired) electrons. The van der Waals surface area contributed by atoms with Crippen LogP contribution < -0.4 is 19.1 Å². The minimum absolute atomic E-state index is 0.0317. The van der Waals surface area contributed by atoms with Crippen molar-refractivity contribution in [1.82, 2.24) is 0 Å². The van der Waals surface area contributed by atoms with Crippen molar-refractivity contribution in [3.63, 3.8) is 0 Å². The third-order valence-corrected chi connectivity index (χ3v) is 4.88. The van der Waals surface area contributed by atoms with E-state index in [0.717, 1.165) is 16.0 Å². The van der Waals surface area contributed by atoms with E-state index in [-0.39, 0.29) is 17.6 Å². The Kier molecular flexibility index (Phi) is 6.47. The number of nitrogens with zero attached hydrogens (tertiary/aromatic N) is 2. The van der Waals surface area contributed by atoms with E-state index in [1.165, 1.54) is 18.5 Å². The largest absolute Gasteiger partial charge is 0.619 e. The molecule has 0 bridgehead atoms. The van der Waals surface area contributed by atoms with Crippen molar-refractivity contribution < 1.29 is 27.7 Å². The van der Waals surface area contributed by atoms with Crippen LogP contribution in [0.5, 0.6) is 11.5 Å². The predicted octanol–water partition coefficient (Wildman–Crippen LogP) is 4.43. The Labute approximate surface area is 178 Å². The van der Waals surface area contributed by atoms with E-state index >= 15 is 0 Å². The lowest BCUT2D eigenvalue weighted by atomic mass is 10.1. The van der Waals surface area contributed by atoms with Crippen LogP contribution in [0.1, 0.15) is 12.0 Å². The van der Waals surface area contributed by atoms with Gasteiger partial charge in [0.15, 0.2) is 23.9 Å². The second-order valence-corrected chi connectivity index (χ2v) is 7.11. The van der Waals surface area contributed by atoms with E-state index in [1.54, 1.807) is 18.2 Å². The summed E-state index contributed by atoms with van der Waals surface area (Å²) in [5, 5.41) is 11.7. The number of halogens is 2. The van der Waals surface area contributed by atoms with Crippen LogP contribution in [0, 0.1) is 5.21 Å². The Hall–Kier alpha value is -3.39. The molecule has 1 fully saturated rings.